The lowest BCUT2D eigenvalue weighted by Gasteiger charge is -2.28. The van der Waals surface area contributed by atoms with E-state index in [0.717, 1.165) is 11.1 Å². The molecule has 6 nitrogen and oxygen atoms in total. The highest BCUT2D eigenvalue weighted by molar-refractivity contribution is 6.39. The number of rotatable bonds is 2. The van der Waals surface area contributed by atoms with Gasteiger partial charge in [0.25, 0.3) is 0 Å². The van der Waals surface area contributed by atoms with Crippen molar-refractivity contribution in [3.8, 4) is 5.75 Å². The molecule has 0 aliphatic rings. The van der Waals surface area contributed by atoms with Crippen LogP contribution in [0.25, 0.3) is 0 Å². The van der Waals surface area contributed by atoms with E-state index in [4.69, 9.17) is 10.6 Å². The fourth-order valence-corrected chi connectivity index (χ4v) is 2.18. The Hall–Kier alpha value is -2.08. The summed E-state index contributed by atoms with van der Waals surface area (Å²) in [5.41, 5.74) is 3.95. The van der Waals surface area contributed by atoms with E-state index >= 15 is 0 Å². The van der Waals surface area contributed by atoms with Crippen molar-refractivity contribution in [2.75, 3.05) is 12.4 Å². The average Bonchev–Trinajstić information content (AvgIpc) is 2.43. The summed E-state index contributed by atoms with van der Waals surface area (Å²) in [6.07, 6.45) is 0. The minimum atomic E-state index is -0.912. The van der Waals surface area contributed by atoms with Crippen LogP contribution in [-0.4, -0.2) is 18.9 Å². The molecule has 0 fully saturated rings. The summed E-state index contributed by atoms with van der Waals surface area (Å²) >= 11 is 0. The fourth-order valence-electron chi connectivity index (χ4n) is 2.18. The summed E-state index contributed by atoms with van der Waals surface area (Å²) in [7, 11) is 1.54. The van der Waals surface area contributed by atoms with Crippen molar-refractivity contribution in [2.24, 2.45) is 5.84 Å². The van der Waals surface area contributed by atoms with E-state index < -0.39 is 11.8 Å². The molecule has 0 aliphatic heterocycles. The maximum Gasteiger partial charge on any atom is 0.323 e. The van der Waals surface area contributed by atoms with E-state index in [1.807, 2.05) is 11.5 Å². The number of hydrogen-bond acceptors (Lipinski definition) is 4. The zero-order valence-electron chi connectivity index (χ0n) is 15.0. The molecule has 0 atom stereocenters. The number of nitrogens with two attached hydrogens (primary N) is 1. The zero-order valence-corrected chi connectivity index (χ0v) is 15.0. The molecule has 0 unspecified atom stereocenters. The lowest BCUT2D eigenvalue weighted by atomic mass is 9.79. The summed E-state index contributed by atoms with van der Waals surface area (Å²) in [4.78, 5) is 23.3. The molecule has 0 spiro atoms. The molecule has 128 valence electrons. The van der Waals surface area contributed by atoms with E-state index in [-0.39, 0.29) is 10.8 Å². The third kappa shape index (κ3) is 4.45. The van der Waals surface area contributed by atoms with Crippen LogP contribution >= 0.6 is 0 Å². The van der Waals surface area contributed by atoms with E-state index in [9.17, 15) is 9.59 Å². The van der Waals surface area contributed by atoms with Gasteiger partial charge in [-0.15, -0.1) is 0 Å². The van der Waals surface area contributed by atoms with Gasteiger partial charge in [0.1, 0.15) is 5.75 Å². The molecule has 1 aromatic carbocycles. The molecule has 4 N–H and O–H groups in total. The Kier molecular flexibility index (Phi) is 5.43. The Morgan fingerprint density at radius 2 is 1.57 bits per heavy atom. The van der Waals surface area contributed by atoms with Gasteiger partial charge >= 0.3 is 11.8 Å². The van der Waals surface area contributed by atoms with Gasteiger partial charge < -0.3 is 10.1 Å². The first-order valence-electron chi connectivity index (χ1n) is 7.46. The Bertz CT molecular complexity index is 611. The number of amides is 2. The molecular formula is C17H27N3O3. The number of carbonyl (C=O) groups excluding carboxylic acids is 2. The highest BCUT2D eigenvalue weighted by atomic mass is 16.5. The van der Waals surface area contributed by atoms with Crippen molar-refractivity contribution in [3.63, 3.8) is 0 Å². The van der Waals surface area contributed by atoms with Crippen molar-refractivity contribution in [1.82, 2.24) is 5.43 Å². The molecule has 23 heavy (non-hydrogen) atoms. The molecule has 6 heteroatoms. The van der Waals surface area contributed by atoms with Crippen LogP contribution in [0, 0.1) is 0 Å². The number of methoxy groups -OCH3 is 1. The van der Waals surface area contributed by atoms with Crippen LogP contribution in [0.3, 0.4) is 0 Å². The number of carbonyl (C=O) groups is 2. The van der Waals surface area contributed by atoms with Gasteiger partial charge in [-0.2, -0.15) is 0 Å². The van der Waals surface area contributed by atoms with Gasteiger partial charge in [0.2, 0.25) is 0 Å². The molecule has 0 saturated heterocycles. The number of hydrazine groups is 1. The van der Waals surface area contributed by atoms with Crippen molar-refractivity contribution in [3.05, 3.63) is 23.3 Å². The highest BCUT2D eigenvalue weighted by Crippen LogP contribution is 2.40. The molecule has 1 aromatic rings. The molecule has 0 radical (unpaired) electrons. The first kappa shape index (κ1) is 19.0. The van der Waals surface area contributed by atoms with Crippen molar-refractivity contribution < 1.29 is 14.3 Å². The van der Waals surface area contributed by atoms with Gasteiger partial charge in [-0.25, -0.2) is 5.84 Å². The van der Waals surface area contributed by atoms with Gasteiger partial charge in [-0.3, -0.25) is 15.0 Å². The number of nitrogens with one attached hydrogen (secondary N) is 2. The third-order valence-corrected chi connectivity index (χ3v) is 3.55. The van der Waals surface area contributed by atoms with Crippen LogP contribution in [0.15, 0.2) is 12.1 Å². The van der Waals surface area contributed by atoms with Crippen molar-refractivity contribution in [2.45, 2.75) is 52.4 Å². The minimum absolute atomic E-state index is 0.123. The van der Waals surface area contributed by atoms with E-state index in [2.05, 4.69) is 52.9 Å². The first-order valence-corrected chi connectivity index (χ1v) is 7.46. The van der Waals surface area contributed by atoms with Crippen molar-refractivity contribution >= 4 is 17.5 Å². The second-order valence-electron chi connectivity index (χ2n) is 7.53. The Morgan fingerprint density at radius 1 is 1.00 bits per heavy atom. The van der Waals surface area contributed by atoms with Crippen LogP contribution in [-0.2, 0) is 20.4 Å². The fraction of sp³-hybridized carbons (Fsp3) is 0.529. The number of benzene rings is 1. The van der Waals surface area contributed by atoms with E-state index in [1.165, 1.54) is 0 Å². The molecule has 0 saturated carbocycles. The molecule has 0 heterocycles. The SMILES string of the molecule is COc1c(NC(=O)C(=O)NN)cc(C(C)(C)C)cc1C(C)(C)C. The van der Waals surface area contributed by atoms with Crippen LogP contribution in [0.4, 0.5) is 5.69 Å². The smallest absolute Gasteiger partial charge is 0.323 e. The van der Waals surface area contributed by atoms with Crippen molar-refractivity contribution in [1.29, 1.82) is 0 Å². The molecule has 0 aliphatic carbocycles. The summed E-state index contributed by atoms with van der Waals surface area (Å²) < 4.78 is 5.51. The maximum atomic E-state index is 11.9. The summed E-state index contributed by atoms with van der Waals surface area (Å²) in [5.74, 6) is 3.80. The average molecular weight is 321 g/mol. The van der Waals surface area contributed by atoms with Crippen LogP contribution in [0.1, 0.15) is 52.7 Å². The number of anilines is 1. The number of ether oxygens (including phenoxy) is 1. The van der Waals surface area contributed by atoms with Gasteiger partial charge in [0.15, 0.2) is 0 Å². The second kappa shape index (κ2) is 6.58. The maximum absolute atomic E-state index is 11.9. The van der Waals surface area contributed by atoms with E-state index in [1.54, 1.807) is 7.11 Å². The number of hydrogen-bond donors (Lipinski definition) is 3. The Morgan fingerprint density at radius 3 is 1.96 bits per heavy atom. The van der Waals surface area contributed by atoms with Crippen LogP contribution < -0.4 is 21.3 Å². The predicted molar refractivity (Wildman–Crippen MR) is 91.4 cm³/mol. The second-order valence-corrected chi connectivity index (χ2v) is 7.53. The van der Waals surface area contributed by atoms with E-state index in [0.29, 0.717) is 11.4 Å². The monoisotopic (exact) mass is 321 g/mol. The zero-order chi connectivity index (χ0) is 18.0. The lowest BCUT2D eigenvalue weighted by Crippen LogP contribution is -2.39. The first-order chi connectivity index (χ1) is 10.4. The molecule has 2 amide bonds. The third-order valence-electron chi connectivity index (χ3n) is 3.55. The molecule has 1 rings (SSSR count). The summed E-state index contributed by atoms with van der Waals surface area (Å²) in [6, 6.07) is 3.91. The van der Waals surface area contributed by atoms with Gasteiger partial charge in [-0.05, 0) is 22.5 Å². The largest absolute Gasteiger partial charge is 0.494 e. The van der Waals surface area contributed by atoms with Gasteiger partial charge in [0.05, 0.1) is 12.8 Å². The van der Waals surface area contributed by atoms with Gasteiger partial charge in [-0.1, -0.05) is 47.6 Å². The summed E-state index contributed by atoms with van der Waals surface area (Å²) in [5, 5.41) is 2.58. The Balaban J connectivity index is 3.53. The minimum Gasteiger partial charge on any atom is -0.494 e. The molecular weight excluding hydrogens is 294 g/mol. The lowest BCUT2D eigenvalue weighted by molar-refractivity contribution is -0.136. The Labute approximate surface area is 137 Å². The van der Waals surface area contributed by atoms with Gasteiger partial charge in [0, 0.05) is 5.56 Å². The highest BCUT2D eigenvalue weighted by Gasteiger charge is 2.27. The molecule has 0 bridgehead atoms. The quantitative estimate of drug-likeness (QED) is 0.337. The summed E-state index contributed by atoms with van der Waals surface area (Å²) in [6.45, 7) is 12.4. The predicted octanol–water partition coefficient (Wildman–Crippen LogP) is 2.22. The normalized spacial score (nSPS) is 11.8. The topological polar surface area (TPSA) is 93.4 Å². The van der Waals surface area contributed by atoms with Crippen LogP contribution in [0.2, 0.25) is 0 Å². The van der Waals surface area contributed by atoms with Crippen LogP contribution in [0.5, 0.6) is 5.75 Å². The molecule has 0 aromatic heterocycles. The standard InChI is InChI=1S/C17H27N3O3/c1-16(2,3)10-8-11(17(4,5)6)13(23-7)12(9-10)19-14(21)15(22)20-18/h8-9H,18H2,1-7H3,(H,19,21)(H,20,22).